The predicted molar refractivity (Wildman–Crippen MR) is 60.1 cm³/mol. The molecule has 0 spiro atoms. The van der Waals surface area contributed by atoms with Crippen molar-refractivity contribution >= 4 is 5.91 Å². The third-order valence-electron chi connectivity index (χ3n) is 2.71. The lowest BCUT2D eigenvalue weighted by Crippen LogP contribution is -2.36. The summed E-state index contributed by atoms with van der Waals surface area (Å²) in [6.07, 6.45) is 3.44. The highest BCUT2D eigenvalue weighted by atomic mass is 19.1. The van der Waals surface area contributed by atoms with Gasteiger partial charge >= 0.3 is 0 Å². The van der Waals surface area contributed by atoms with E-state index in [-0.39, 0.29) is 12.5 Å². The molecular weight excluding hydrogens is 223 g/mol. The molecule has 1 aliphatic carbocycles. The maximum Gasteiger partial charge on any atom is 0.260 e. The Morgan fingerprint density at radius 2 is 2.35 bits per heavy atom. The fraction of sp³-hybridized carbons (Fsp3) is 0.500. The monoisotopic (exact) mass is 238 g/mol. The van der Waals surface area contributed by atoms with Crippen LogP contribution in [0, 0.1) is 5.95 Å². The molecule has 1 amide bonds. The van der Waals surface area contributed by atoms with Crippen LogP contribution < -0.4 is 4.74 Å². The van der Waals surface area contributed by atoms with Crippen molar-refractivity contribution in [2.45, 2.75) is 25.8 Å². The summed E-state index contributed by atoms with van der Waals surface area (Å²) in [6, 6.07) is 3.06. The molecule has 17 heavy (non-hydrogen) atoms. The van der Waals surface area contributed by atoms with Crippen LogP contribution >= 0.6 is 0 Å². The number of ether oxygens (including phenoxy) is 1. The highest BCUT2D eigenvalue weighted by Crippen LogP contribution is 2.26. The van der Waals surface area contributed by atoms with Gasteiger partial charge in [-0.25, -0.2) is 4.98 Å². The van der Waals surface area contributed by atoms with Crippen LogP contribution in [0.5, 0.6) is 5.75 Å². The molecule has 4 nitrogen and oxygen atoms in total. The molecule has 1 saturated carbocycles. The van der Waals surface area contributed by atoms with Crippen LogP contribution in [0.25, 0.3) is 0 Å². The minimum absolute atomic E-state index is 0.0162. The van der Waals surface area contributed by atoms with Gasteiger partial charge in [0.15, 0.2) is 6.61 Å². The summed E-state index contributed by atoms with van der Waals surface area (Å²) in [5, 5.41) is 0. The number of pyridine rings is 1. The standard InChI is InChI=1S/C12H15FN2O2/c1-2-15(9-3-4-9)12(16)8-17-10-5-6-11(13)14-7-10/h5-7,9H,2-4,8H2,1H3. The molecule has 1 heterocycles. The lowest BCUT2D eigenvalue weighted by Gasteiger charge is -2.20. The topological polar surface area (TPSA) is 42.4 Å². The molecule has 5 heteroatoms. The minimum atomic E-state index is -0.558. The van der Waals surface area contributed by atoms with Crippen molar-refractivity contribution in [3.8, 4) is 5.75 Å². The Hall–Kier alpha value is -1.65. The van der Waals surface area contributed by atoms with Gasteiger partial charge in [-0.2, -0.15) is 4.39 Å². The summed E-state index contributed by atoms with van der Waals surface area (Å²) < 4.78 is 17.8. The Bertz CT molecular complexity index is 390. The molecule has 0 aliphatic heterocycles. The molecule has 1 fully saturated rings. The van der Waals surface area contributed by atoms with Gasteiger partial charge in [0.2, 0.25) is 5.95 Å². The molecule has 0 N–H and O–H groups in total. The Kier molecular flexibility index (Phi) is 3.56. The molecule has 0 aromatic carbocycles. The first-order chi connectivity index (χ1) is 8.20. The third-order valence-corrected chi connectivity index (χ3v) is 2.71. The van der Waals surface area contributed by atoms with Crippen molar-refractivity contribution in [3.63, 3.8) is 0 Å². The van der Waals surface area contributed by atoms with Crippen molar-refractivity contribution < 1.29 is 13.9 Å². The van der Waals surface area contributed by atoms with E-state index in [0.717, 1.165) is 12.8 Å². The second kappa shape index (κ2) is 5.12. The van der Waals surface area contributed by atoms with Crippen LogP contribution in [0.2, 0.25) is 0 Å². The van der Waals surface area contributed by atoms with Crippen molar-refractivity contribution in [2.24, 2.45) is 0 Å². The van der Waals surface area contributed by atoms with Crippen molar-refractivity contribution in [1.29, 1.82) is 0 Å². The van der Waals surface area contributed by atoms with Gasteiger partial charge in [0, 0.05) is 12.6 Å². The van der Waals surface area contributed by atoms with Crippen LogP contribution in [0.1, 0.15) is 19.8 Å². The Morgan fingerprint density at radius 3 is 2.88 bits per heavy atom. The Morgan fingerprint density at radius 1 is 1.59 bits per heavy atom. The molecule has 2 rings (SSSR count). The molecule has 0 radical (unpaired) electrons. The van der Waals surface area contributed by atoms with Crippen molar-refractivity contribution in [2.75, 3.05) is 13.2 Å². The average Bonchev–Trinajstić information content (AvgIpc) is 3.14. The van der Waals surface area contributed by atoms with E-state index in [0.29, 0.717) is 18.3 Å². The lowest BCUT2D eigenvalue weighted by atomic mass is 10.4. The highest BCUT2D eigenvalue weighted by molar-refractivity contribution is 5.78. The number of carbonyl (C=O) groups excluding carboxylic acids is 1. The highest BCUT2D eigenvalue weighted by Gasteiger charge is 2.31. The van der Waals surface area contributed by atoms with E-state index >= 15 is 0 Å². The SMILES string of the molecule is CCN(C(=O)COc1ccc(F)nc1)C1CC1. The number of amides is 1. The first kappa shape index (κ1) is 11.8. The summed E-state index contributed by atoms with van der Waals surface area (Å²) in [7, 11) is 0. The number of aromatic nitrogens is 1. The fourth-order valence-electron chi connectivity index (χ4n) is 1.70. The van der Waals surface area contributed by atoms with E-state index in [2.05, 4.69) is 4.98 Å². The first-order valence-electron chi connectivity index (χ1n) is 5.74. The minimum Gasteiger partial charge on any atom is -0.482 e. The van der Waals surface area contributed by atoms with E-state index in [4.69, 9.17) is 4.74 Å². The lowest BCUT2D eigenvalue weighted by molar-refractivity contribution is -0.133. The number of likely N-dealkylation sites (N-methyl/N-ethyl adjacent to an activating group) is 1. The Balaban J connectivity index is 1.84. The fourth-order valence-corrected chi connectivity index (χ4v) is 1.70. The second-order valence-corrected chi connectivity index (χ2v) is 4.02. The number of hydrogen-bond donors (Lipinski definition) is 0. The number of halogens is 1. The molecule has 1 aliphatic rings. The van der Waals surface area contributed by atoms with E-state index in [1.807, 2.05) is 11.8 Å². The maximum atomic E-state index is 12.5. The molecule has 0 unspecified atom stereocenters. The van der Waals surface area contributed by atoms with Gasteiger partial charge in [-0.05, 0) is 31.9 Å². The van der Waals surface area contributed by atoms with Gasteiger partial charge in [-0.15, -0.1) is 0 Å². The molecule has 0 bridgehead atoms. The normalized spacial score (nSPS) is 14.5. The summed E-state index contributed by atoms with van der Waals surface area (Å²) in [5.74, 6) is -0.178. The van der Waals surface area contributed by atoms with Gasteiger partial charge in [0.05, 0.1) is 6.20 Å². The van der Waals surface area contributed by atoms with Crippen molar-refractivity contribution in [1.82, 2.24) is 9.88 Å². The average molecular weight is 238 g/mol. The quantitative estimate of drug-likeness (QED) is 0.732. The molecule has 92 valence electrons. The van der Waals surface area contributed by atoms with Crippen LogP contribution in [0.15, 0.2) is 18.3 Å². The van der Waals surface area contributed by atoms with Gasteiger partial charge in [0.1, 0.15) is 5.75 Å². The van der Waals surface area contributed by atoms with Gasteiger partial charge in [-0.1, -0.05) is 0 Å². The first-order valence-corrected chi connectivity index (χ1v) is 5.74. The number of nitrogens with zero attached hydrogens (tertiary/aromatic N) is 2. The van der Waals surface area contributed by atoms with Crippen LogP contribution in [-0.4, -0.2) is 35.0 Å². The molecule has 0 atom stereocenters. The third kappa shape index (κ3) is 3.15. The maximum absolute atomic E-state index is 12.5. The summed E-state index contributed by atoms with van der Waals surface area (Å²) in [5.41, 5.74) is 0. The van der Waals surface area contributed by atoms with Crippen LogP contribution in [-0.2, 0) is 4.79 Å². The molecule has 1 aromatic heterocycles. The number of hydrogen-bond acceptors (Lipinski definition) is 3. The zero-order valence-electron chi connectivity index (χ0n) is 9.73. The van der Waals surface area contributed by atoms with Crippen molar-refractivity contribution in [3.05, 3.63) is 24.3 Å². The predicted octanol–water partition coefficient (Wildman–Crippen LogP) is 1.61. The summed E-state index contributed by atoms with van der Waals surface area (Å²) >= 11 is 0. The molecule has 0 saturated heterocycles. The van der Waals surface area contributed by atoms with Crippen LogP contribution in [0.4, 0.5) is 4.39 Å². The number of rotatable bonds is 5. The second-order valence-electron chi connectivity index (χ2n) is 4.02. The number of carbonyl (C=O) groups is 1. The molecule has 1 aromatic rings. The van der Waals surface area contributed by atoms with E-state index in [1.54, 1.807) is 0 Å². The zero-order valence-corrected chi connectivity index (χ0v) is 9.73. The van der Waals surface area contributed by atoms with E-state index < -0.39 is 5.95 Å². The zero-order chi connectivity index (χ0) is 12.3. The van der Waals surface area contributed by atoms with E-state index in [1.165, 1.54) is 18.3 Å². The molecular formula is C12H15FN2O2. The van der Waals surface area contributed by atoms with Crippen LogP contribution in [0.3, 0.4) is 0 Å². The largest absolute Gasteiger partial charge is 0.482 e. The van der Waals surface area contributed by atoms with Gasteiger partial charge in [0.25, 0.3) is 5.91 Å². The van der Waals surface area contributed by atoms with Gasteiger partial charge < -0.3 is 9.64 Å². The van der Waals surface area contributed by atoms with Gasteiger partial charge in [-0.3, -0.25) is 4.79 Å². The van der Waals surface area contributed by atoms with E-state index in [9.17, 15) is 9.18 Å². The summed E-state index contributed by atoms with van der Waals surface area (Å²) in [4.78, 5) is 17.1. The summed E-state index contributed by atoms with van der Waals surface area (Å²) in [6.45, 7) is 2.64. The Labute approximate surface area is 99.4 Å². The smallest absolute Gasteiger partial charge is 0.260 e.